The first-order valence-electron chi connectivity index (χ1n) is 9.42. The Morgan fingerprint density at radius 3 is 2.32 bits per heavy atom. The van der Waals surface area contributed by atoms with E-state index in [4.69, 9.17) is 16.3 Å². The van der Waals surface area contributed by atoms with Crippen molar-refractivity contribution in [3.05, 3.63) is 99.8 Å². The molecule has 0 spiro atoms. The fourth-order valence-corrected chi connectivity index (χ4v) is 4.83. The summed E-state index contributed by atoms with van der Waals surface area (Å²) in [7, 11) is -2.44. The van der Waals surface area contributed by atoms with E-state index in [0.717, 1.165) is 5.39 Å². The summed E-state index contributed by atoms with van der Waals surface area (Å²) in [4.78, 5) is 15.6. The Labute approximate surface area is 184 Å². The molecule has 4 aromatic rings. The van der Waals surface area contributed by atoms with Gasteiger partial charge in [-0.1, -0.05) is 29.8 Å². The highest BCUT2D eigenvalue weighted by Crippen LogP contribution is 2.28. The van der Waals surface area contributed by atoms with Crippen LogP contribution in [-0.4, -0.2) is 20.5 Å². The predicted octanol–water partition coefficient (Wildman–Crippen LogP) is 4.59. The molecule has 0 aliphatic carbocycles. The first-order valence-corrected chi connectivity index (χ1v) is 11.2. The van der Waals surface area contributed by atoms with E-state index in [0.29, 0.717) is 27.5 Å². The predicted molar refractivity (Wildman–Crippen MR) is 122 cm³/mol. The summed E-state index contributed by atoms with van der Waals surface area (Å²) in [6.07, 6.45) is 0. The van der Waals surface area contributed by atoms with Gasteiger partial charge in [-0.25, -0.2) is 8.42 Å². The first-order chi connectivity index (χ1) is 14.9. The number of fused-ring (bicyclic) bond motifs is 1. The van der Waals surface area contributed by atoms with Gasteiger partial charge in [0.1, 0.15) is 5.75 Å². The van der Waals surface area contributed by atoms with Crippen molar-refractivity contribution in [1.29, 1.82) is 0 Å². The van der Waals surface area contributed by atoms with Crippen molar-refractivity contribution in [2.24, 2.45) is 0 Å². The number of nitrogens with zero attached hydrogens (tertiary/aromatic N) is 1. The molecule has 0 aliphatic heterocycles. The van der Waals surface area contributed by atoms with E-state index in [1.807, 2.05) is 18.2 Å². The lowest BCUT2D eigenvalue weighted by atomic mass is 10.1. The zero-order chi connectivity index (χ0) is 22.0. The van der Waals surface area contributed by atoms with Crippen LogP contribution in [0.4, 0.5) is 5.69 Å². The highest BCUT2D eigenvalue weighted by molar-refractivity contribution is 7.92. The van der Waals surface area contributed by atoms with E-state index < -0.39 is 10.0 Å². The number of hydrogen-bond donors (Lipinski definition) is 1. The summed E-state index contributed by atoms with van der Waals surface area (Å²) in [6.45, 7) is -0.141. The molecular formula is C23H19ClN2O4S. The van der Waals surface area contributed by atoms with Crippen molar-refractivity contribution in [1.82, 2.24) is 4.98 Å². The summed E-state index contributed by atoms with van der Waals surface area (Å²) in [5.74, 6) is 0.594. The van der Waals surface area contributed by atoms with Crippen molar-refractivity contribution in [2.75, 3.05) is 11.4 Å². The van der Waals surface area contributed by atoms with E-state index >= 15 is 0 Å². The standard InChI is InChI=1S/C23H19ClN2O4S/c1-30-20-10-8-19(9-11-20)26(31(28,29)21-12-6-18(24)7-13-21)15-17-14-16-4-2-3-5-22(16)25-23(17)27/h2-14H,15H2,1H3,(H,25,27). The fraction of sp³-hybridized carbons (Fsp3) is 0.0870. The zero-order valence-electron chi connectivity index (χ0n) is 16.6. The Morgan fingerprint density at radius 2 is 1.65 bits per heavy atom. The number of methoxy groups -OCH3 is 1. The van der Waals surface area contributed by atoms with Crippen molar-refractivity contribution < 1.29 is 13.2 Å². The molecule has 1 aromatic heterocycles. The number of aromatic nitrogens is 1. The molecule has 1 N–H and O–H groups in total. The van der Waals surface area contributed by atoms with Crippen LogP contribution in [0.1, 0.15) is 5.56 Å². The molecule has 3 aromatic carbocycles. The van der Waals surface area contributed by atoms with Gasteiger partial charge in [-0.2, -0.15) is 0 Å². The van der Waals surface area contributed by atoms with Crippen molar-refractivity contribution in [3.63, 3.8) is 0 Å². The molecule has 31 heavy (non-hydrogen) atoms. The van der Waals surface area contributed by atoms with Gasteiger partial charge in [-0.05, 0) is 66.0 Å². The van der Waals surface area contributed by atoms with Gasteiger partial charge in [0.15, 0.2) is 0 Å². The van der Waals surface area contributed by atoms with Crippen molar-refractivity contribution in [3.8, 4) is 5.75 Å². The Morgan fingerprint density at radius 1 is 0.968 bits per heavy atom. The molecule has 4 rings (SSSR count). The number of pyridine rings is 1. The van der Waals surface area contributed by atoms with Crippen LogP contribution in [0.5, 0.6) is 5.75 Å². The van der Waals surface area contributed by atoms with Crippen LogP contribution in [0, 0.1) is 0 Å². The monoisotopic (exact) mass is 454 g/mol. The summed E-state index contributed by atoms with van der Waals surface area (Å²) >= 11 is 5.93. The minimum atomic E-state index is -3.98. The molecule has 0 saturated carbocycles. The number of nitrogens with one attached hydrogen (secondary N) is 1. The van der Waals surface area contributed by atoms with Gasteiger partial charge in [-0.3, -0.25) is 9.10 Å². The van der Waals surface area contributed by atoms with E-state index in [9.17, 15) is 13.2 Å². The van der Waals surface area contributed by atoms with E-state index in [-0.39, 0.29) is 17.0 Å². The number of benzene rings is 3. The minimum Gasteiger partial charge on any atom is -0.497 e. The van der Waals surface area contributed by atoms with E-state index in [1.54, 1.807) is 36.4 Å². The average Bonchev–Trinajstić information content (AvgIpc) is 2.78. The van der Waals surface area contributed by atoms with Crippen molar-refractivity contribution in [2.45, 2.75) is 11.4 Å². The molecule has 0 aliphatic rings. The van der Waals surface area contributed by atoms with E-state index in [1.165, 1.54) is 35.7 Å². The highest BCUT2D eigenvalue weighted by Gasteiger charge is 2.26. The number of anilines is 1. The van der Waals surface area contributed by atoms with Crippen LogP contribution in [0.3, 0.4) is 0 Å². The molecule has 158 valence electrons. The fourth-order valence-electron chi connectivity index (χ4n) is 3.26. The molecule has 0 radical (unpaired) electrons. The van der Waals surface area contributed by atoms with Crippen LogP contribution >= 0.6 is 11.6 Å². The molecule has 0 atom stereocenters. The van der Waals surface area contributed by atoms with Crippen LogP contribution in [0.2, 0.25) is 5.02 Å². The Balaban J connectivity index is 1.83. The topological polar surface area (TPSA) is 79.5 Å². The second-order valence-corrected chi connectivity index (χ2v) is 9.17. The SMILES string of the molecule is COc1ccc(N(Cc2cc3ccccc3[nH]c2=O)S(=O)(=O)c2ccc(Cl)cc2)cc1. The number of aromatic amines is 1. The van der Waals surface area contributed by atoms with Crippen LogP contribution in [-0.2, 0) is 16.6 Å². The molecule has 8 heteroatoms. The lowest BCUT2D eigenvalue weighted by Gasteiger charge is -2.25. The number of hydrogen-bond acceptors (Lipinski definition) is 4. The second kappa shape index (κ2) is 8.45. The summed E-state index contributed by atoms with van der Waals surface area (Å²) < 4.78 is 33.4. The van der Waals surface area contributed by atoms with Crippen LogP contribution in [0.15, 0.2) is 88.6 Å². The Bertz CT molecular complexity index is 1380. The first kappa shape index (κ1) is 21.0. The number of sulfonamides is 1. The number of H-pyrrole nitrogens is 1. The largest absolute Gasteiger partial charge is 0.497 e. The molecule has 0 saturated heterocycles. The average molecular weight is 455 g/mol. The maximum absolute atomic E-state index is 13.5. The summed E-state index contributed by atoms with van der Waals surface area (Å²) in [5.41, 5.74) is 1.08. The lowest BCUT2D eigenvalue weighted by Crippen LogP contribution is -2.33. The quantitative estimate of drug-likeness (QED) is 0.462. The van der Waals surface area contributed by atoms with Gasteiger partial charge in [-0.15, -0.1) is 0 Å². The number of halogens is 1. The molecule has 1 heterocycles. The third-order valence-corrected chi connectivity index (χ3v) is 6.95. The van der Waals surface area contributed by atoms with Gasteiger partial charge in [0, 0.05) is 16.1 Å². The van der Waals surface area contributed by atoms with Gasteiger partial charge >= 0.3 is 0 Å². The van der Waals surface area contributed by atoms with Crippen molar-refractivity contribution >= 4 is 38.2 Å². The van der Waals surface area contributed by atoms with Gasteiger partial charge in [0.2, 0.25) is 0 Å². The molecule has 6 nitrogen and oxygen atoms in total. The smallest absolute Gasteiger partial charge is 0.264 e. The number of rotatable bonds is 6. The second-order valence-electron chi connectivity index (χ2n) is 6.87. The normalized spacial score (nSPS) is 11.4. The van der Waals surface area contributed by atoms with Crippen LogP contribution in [0.25, 0.3) is 10.9 Å². The highest BCUT2D eigenvalue weighted by atomic mass is 35.5. The molecule has 0 unspecified atom stereocenters. The maximum atomic E-state index is 13.5. The van der Waals surface area contributed by atoms with E-state index in [2.05, 4.69) is 4.98 Å². The van der Waals surface area contributed by atoms with Gasteiger partial charge < -0.3 is 9.72 Å². The lowest BCUT2D eigenvalue weighted by molar-refractivity contribution is 0.415. The number of ether oxygens (including phenoxy) is 1. The minimum absolute atomic E-state index is 0.0740. The molecule has 0 amide bonds. The number of para-hydroxylation sites is 1. The Kier molecular flexibility index (Phi) is 5.71. The molecular weight excluding hydrogens is 436 g/mol. The third-order valence-electron chi connectivity index (χ3n) is 4.91. The molecule has 0 bridgehead atoms. The Hall–Kier alpha value is -3.29. The van der Waals surface area contributed by atoms with Crippen LogP contribution < -0.4 is 14.6 Å². The molecule has 0 fully saturated rings. The maximum Gasteiger partial charge on any atom is 0.264 e. The summed E-state index contributed by atoms with van der Waals surface area (Å²) in [5, 5.41) is 1.25. The van der Waals surface area contributed by atoms with Gasteiger partial charge in [0.05, 0.1) is 24.2 Å². The summed E-state index contributed by atoms with van der Waals surface area (Å²) in [6, 6.07) is 21.6. The third kappa shape index (κ3) is 4.28. The zero-order valence-corrected chi connectivity index (χ0v) is 18.2. The van der Waals surface area contributed by atoms with Gasteiger partial charge in [0.25, 0.3) is 15.6 Å².